The molecule has 3 heterocycles. The minimum Gasteiger partial charge on any atom is -0.376 e. The molecule has 0 saturated heterocycles. The van der Waals surface area contributed by atoms with Crippen LogP contribution < -0.4 is 0 Å². The Hall–Kier alpha value is -4.28. The summed E-state index contributed by atoms with van der Waals surface area (Å²) in [5.74, 6) is 0. The monoisotopic (exact) mass is 467 g/mol. The molecule has 1 atom stereocenters. The van der Waals surface area contributed by atoms with Crippen LogP contribution in [0.2, 0.25) is 0 Å². The lowest BCUT2D eigenvalue weighted by Crippen LogP contribution is -2.26. The summed E-state index contributed by atoms with van der Waals surface area (Å²) in [6.07, 6.45) is 3.66. The van der Waals surface area contributed by atoms with Crippen LogP contribution in [0.3, 0.4) is 0 Å². The minimum atomic E-state index is -1.31. The van der Waals surface area contributed by atoms with Crippen LogP contribution in [0, 0.1) is 6.92 Å². The summed E-state index contributed by atoms with van der Waals surface area (Å²) in [6.45, 7) is 5.15. The molecule has 6 aromatic rings. The smallest absolute Gasteiger partial charge is 0.144 e. The predicted octanol–water partition coefficient (Wildman–Crippen LogP) is 6.84. The highest BCUT2D eigenvalue weighted by atomic mass is 16.3. The molecule has 0 aliphatic heterocycles. The average Bonchev–Trinajstić information content (AvgIpc) is 3.38. The molecule has 1 N–H and O–H groups in total. The van der Waals surface area contributed by atoms with E-state index < -0.39 is 5.60 Å². The molecule has 3 aromatic heterocycles. The number of hydrogen-bond donors (Lipinski definition) is 1. The standard InChI is InChI=1S/C32H25N3O/c1-3-35-28-9-5-4-7-24(28)25-17-21(12-15-29(25)35)22-18-27-31(34-19-22)30-26(8-6-16-33-30)32(27,36)23-13-10-20(2)11-14-23/h4-19,36H,3H2,1-2H3. The fourth-order valence-electron chi connectivity index (χ4n) is 5.80. The molecule has 1 unspecified atom stereocenters. The van der Waals surface area contributed by atoms with Gasteiger partial charge in [0.2, 0.25) is 0 Å². The second-order valence-corrected chi connectivity index (χ2v) is 9.59. The number of aromatic nitrogens is 3. The topological polar surface area (TPSA) is 50.9 Å². The van der Waals surface area contributed by atoms with E-state index in [1.165, 1.54) is 21.8 Å². The number of fused-ring (bicyclic) bond motifs is 6. The molecule has 4 heteroatoms. The van der Waals surface area contributed by atoms with Crippen molar-refractivity contribution < 1.29 is 5.11 Å². The van der Waals surface area contributed by atoms with Crippen LogP contribution in [0.25, 0.3) is 44.3 Å². The molecule has 7 rings (SSSR count). The predicted molar refractivity (Wildman–Crippen MR) is 145 cm³/mol. The maximum atomic E-state index is 12.3. The molecule has 0 fully saturated rings. The van der Waals surface area contributed by atoms with Gasteiger partial charge in [-0.2, -0.15) is 0 Å². The minimum absolute atomic E-state index is 0.737. The third kappa shape index (κ3) is 2.79. The van der Waals surface area contributed by atoms with E-state index in [1.54, 1.807) is 6.20 Å². The van der Waals surface area contributed by atoms with E-state index in [1.807, 2.05) is 42.6 Å². The summed E-state index contributed by atoms with van der Waals surface area (Å²) < 4.78 is 2.35. The zero-order valence-corrected chi connectivity index (χ0v) is 20.2. The van der Waals surface area contributed by atoms with Crippen molar-refractivity contribution in [3.63, 3.8) is 0 Å². The Morgan fingerprint density at radius 2 is 1.53 bits per heavy atom. The van der Waals surface area contributed by atoms with E-state index in [0.717, 1.165) is 51.3 Å². The van der Waals surface area contributed by atoms with Crippen molar-refractivity contribution in [2.75, 3.05) is 0 Å². The summed E-state index contributed by atoms with van der Waals surface area (Å²) in [5, 5.41) is 14.8. The molecule has 3 aromatic carbocycles. The van der Waals surface area contributed by atoms with Crippen molar-refractivity contribution in [1.82, 2.24) is 14.5 Å². The van der Waals surface area contributed by atoms with Gasteiger partial charge in [0, 0.05) is 57.4 Å². The number of aryl methyl sites for hydroxylation is 2. The van der Waals surface area contributed by atoms with Gasteiger partial charge < -0.3 is 9.67 Å². The van der Waals surface area contributed by atoms with Gasteiger partial charge >= 0.3 is 0 Å². The van der Waals surface area contributed by atoms with Crippen molar-refractivity contribution in [1.29, 1.82) is 0 Å². The van der Waals surface area contributed by atoms with Crippen molar-refractivity contribution in [2.45, 2.75) is 26.0 Å². The lowest BCUT2D eigenvalue weighted by molar-refractivity contribution is 0.130. The molecule has 174 valence electrons. The highest BCUT2D eigenvalue weighted by Crippen LogP contribution is 2.50. The van der Waals surface area contributed by atoms with Crippen LogP contribution in [-0.4, -0.2) is 19.6 Å². The molecular formula is C32H25N3O. The van der Waals surface area contributed by atoms with Gasteiger partial charge in [0.15, 0.2) is 0 Å². The number of benzene rings is 3. The van der Waals surface area contributed by atoms with Crippen molar-refractivity contribution >= 4 is 21.8 Å². The summed E-state index contributed by atoms with van der Waals surface area (Å²) in [6, 6.07) is 29.2. The summed E-state index contributed by atoms with van der Waals surface area (Å²) in [7, 11) is 0. The van der Waals surface area contributed by atoms with Crippen LogP contribution in [-0.2, 0) is 12.1 Å². The normalized spacial score (nSPS) is 16.4. The lowest BCUT2D eigenvalue weighted by Gasteiger charge is -2.26. The molecule has 4 nitrogen and oxygen atoms in total. The molecule has 0 radical (unpaired) electrons. The number of pyridine rings is 2. The quantitative estimate of drug-likeness (QED) is 0.310. The number of hydrogen-bond acceptors (Lipinski definition) is 3. The maximum absolute atomic E-state index is 12.3. The van der Waals surface area contributed by atoms with Gasteiger partial charge in [-0.15, -0.1) is 0 Å². The van der Waals surface area contributed by atoms with Crippen molar-refractivity contribution in [3.05, 3.63) is 120 Å². The maximum Gasteiger partial charge on any atom is 0.144 e. The van der Waals surface area contributed by atoms with Crippen LogP contribution in [0.1, 0.15) is 29.2 Å². The molecular weight excluding hydrogens is 442 g/mol. The van der Waals surface area contributed by atoms with Crippen LogP contribution in [0.15, 0.2) is 97.3 Å². The first kappa shape index (κ1) is 21.0. The van der Waals surface area contributed by atoms with E-state index >= 15 is 0 Å². The van der Waals surface area contributed by atoms with Crippen molar-refractivity contribution in [2.24, 2.45) is 0 Å². The van der Waals surface area contributed by atoms with E-state index in [9.17, 15) is 5.11 Å². The van der Waals surface area contributed by atoms with Gasteiger partial charge in [0.05, 0.1) is 11.4 Å². The number of aliphatic hydroxyl groups is 1. The molecule has 36 heavy (non-hydrogen) atoms. The average molecular weight is 468 g/mol. The first-order valence-electron chi connectivity index (χ1n) is 12.4. The van der Waals surface area contributed by atoms with E-state index in [-0.39, 0.29) is 0 Å². The fraction of sp³-hybridized carbons (Fsp3) is 0.125. The van der Waals surface area contributed by atoms with Crippen molar-refractivity contribution in [3.8, 4) is 22.5 Å². The Morgan fingerprint density at radius 1 is 0.750 bits per heavy atom. The zero-order valence-electron chi connectivity index (χ0n) is 20.2. The van der Waals surface area contributed by atoms with Crippen LogP contribution >= 0.6 is 0 Å². The molecule has 0 amide bonds. The third-order valence-corrected chi connectivity index (χ3v) is 7.59. The molecule has 0 bridgehead atoms. The molecule has 1 aliphatic rings. The first-order valence-corrected chi connectivity index (χ1v) is 12.4. The Balaban J connectivity index is 1.45. The molecule has 1 aliphatic carbocycles. The van der Waals surface area contributed by atoms with Gasteiger partial charge in [-0.25, -0.2) is 0 Å². The zero-order chi connectivity index (χ0) is 24.4. The van der Waals surface area contributed by atoms with E-state index in [2.05, 4.69) is 71.9 Å². The largest absolute Gasteiger partial charge is 0.376 e. The Morgan fingerprint density at radius 3 is 2.36 bits per heavy atom. The summed E-state index contributed by atoms with van der Waals surface area (Å²) in [5.41, 5.74) is 8.21. The number of para-hydroxylation sites is 1. The highest BCUT2D eigenvalue weighted by Gasteiger charge is 2.45. The first-order chi connectivity index (χ1) is 17.6. The van der Waals surface area contributed by atoms with Gasteiger partial charge in [-0.05, 0) is 55.3 Å². The van der Waals surface area contributed by atoms with E-state index in [4.69, 9.17) is 4.98 Å². The Bertz CT molecular complexity index is 1800. The van der Waals surface area contributed by atoms with Crippen LogP contribution in [0.4, 0.5) is 0 Å². The summed E-state index contributed by atoms with van der Waals surface area (Å²) in [4.78, 5) is 9.46. The second kappa shape index (κ2) is 7.61. The van der Waals surface area contributed by atoms with Gasteiger partial charge in [0.25, 0.3) is 0 Å². The molecule has 0 saturated carbocycles. The van der Waals surface area contributed by atoms with Gasteiger partial charge in [-0.3, -0.25) is 9.97 Å². The fourth-order valence-corrected chi connectivity index (χ4v) is 5.80. The summed E-state index contributed by atoms with van der Waals surface area (Å²) >= 11 is 0. The Labute approximate surface area is 209 Å². The number of rotatable bonds is 3. The van der Waals surface area contributed by atoms with E-state index in [0.29, 0.717) is 0 Å². The van der Waals surface area contributed by atoms with Crippen LogP contribution in [0.5, 0.6) is 0 Å². The third-order valence-electron chi connectivity index (χ3n) is 7.59. The molecule has 0 spiro atoms. The number of nitrogens with zero attached hydrogens (tertiary/aromatic N) is 3. The van der Waals surface area contributed by atoms with Gasteiger partial charge in [-0.1, -0.05) is 60.2 Å². The highest BCUT2D eigenvalue weighted by molar-refractivity contribution is 6.09. The second-order valence-electron chi connectivity index (χ2n) is 9.59. The Kier molecular flexibility index (Phi) is 4.45. The lowest BCUT2D eigenvalue weighted by atomic mass is 9.84. The van der Waals surface area contributed by atoms with Gasteiger partial charge in [0.1, 0.15) is 5.60 Å². The SMILES string of the molecule is CCn1c2ccccc2c2cc(-c3cnc4c(c3)C(O)(c3ccc(C)cc3)c3cccnc3-4)ccc21.